The van der Waals surface area contributed by atoms with Crippen LogP contribution >= 0.6 is 12.2 Å². The Morgan fingerprint density at radius 3 is 3.00 bits per heavy atom. The number of hydrogen-bond acceptors (Lipinski definition) is 2. The summed E-state index contributed by atoms with van der Waals surface area (Å²) >= 11 is 4.79. The fourth-order valence-corrected chi connectivity index (χ4v) is 1.73. The number of pyridine rings is 1. The number of thiocarbonyl (C=S) groups is 1. The van der Waals surface area contributed by atoms with E-state index >= 15 is 0 Å². The molecule has 0 aliphatic heterocycles. The molecule has 72 valence electrons. The molecule has 0 spiro atoms. The van der Waals surface area contributed by atoms with Crippen molar-refractivity contribution < 1.29 is 5.11 Å². The minimum atomic E-state index is -0.0967. The Morgan fingerprint density at radius 1 is 1.57 bits per heavy atom. The van der Waals surface area contributed by atoms with Crippen LogP contribution in [0.25, 0.3) is 5.65 Å². The predicted octanol–water partition coefficient (Wildman–Crippen LogP) is 2.13. The normalized spacial score (nSPS) is 10.6. The van der Waals surface area contributed by atoms with E-state index in [-0.39, 0.29) is 5.05 Å². The van der Waals surface area contributed by atoms with Crippen molar-refractivity contribution in [1.29, 1.82) is 0 Å². The first-order chi connectivity index (χ1) is 6.74. The highest BCUT2D eigenvalue weighted by molar-refractivity contribution is 7.80. The van der Waals surface area contributed by atoms with Crippen LogP contribution in [0.1, 0.15) is 18.3 Å². The second-order valence-electron chi connectivity index (χ2n) is 2.99. The van der Waals surface area contributed by atoms with Gasteiger partial charge in [-0.2, -0.15) is 0 Å². The number of nitrogens with zero attached hydrogens (tertiary/aromatic N) is 2. The summed E-state index contributed by atoms with van der Waals surface area (Å²) in [5.74, 6) is 0. The highest BCUT2D eigenvalue weighted by Gasteiger charge is 2.13. The molecule has 2 heterocycles. The standard InChI is InChI=1S/C10H10N2OS/c1-2-7-9(10(13)14)12-6-4-3-5-8(12)11-7/h3-6H,2H2,1H3,(H,13,14). The molecule has 0 aliphatic carbocycles. The highest BCUT2D eigenvalue weighted by Crippen LogP contribution is 2.13. The van der Waals surface area contributed by atoms with Gasteiger partial charge in [-0.15, -0.1) is 0 Å². The Labute approximate surface area is 87.0 Å². The third kappa shape index (κ3) is 1.28. The number of aromatic nitrogens is 2. The lowest BCUT2D eigenvalue weighted by Crippen LogP contribution is -2.03. The first-order valence-corrected chi connectivity index (χ1v) is 4.84. The van der Waals surface area contributed by atoms with E-state index in [1.807, 2.05) is 31.3 Å². The summed E-state index contributed by atoms with van der Waals surface area (Å²) < 4.78 is 1.81. The maximum atomic E-state index is 9.39. The molecular formula is C10H10N2OS. The van der Waals surface area contributed by atoms with E-state index < -0.39 is 0 Å². The topological polar surface area (TPSA) is 37.5 Å². The molecule has 2 aromatic rings. The van der Waals surface area contributed by atoms with Crippen LogP contribution < -0.4 is 0 Å². The van der Waals surface area contributed by atoms with Crippen molar-refractivity contribution in [3.63, 3.8) is 0 Å². The fraction of sp³-hybridized carbons (Fsp3) is 0.200. The Morgan fingerprint density at radius 2 is 2.36 bits per heavy atom. The van der Waals surface area contributed by atoms with Crippen molar-refractivity contribution in [2.75, 3.05) is 0 Å². The predicted molar refractivity (Wildman–Crippen MR) is 58.9 cm³/mol. The number of fused-ring (bicyclic) bond motifs is 1. The van der Waals surface area contributed by atoms with Gasteiger partial charge in [-0.05, 0) is 30.8 Å². The lowest BCUT2D eigenvalue weighted by Gasteiger charge is -1.98. The van der Waals surface area contributed by atoms with Crippen LogP contribution in [0.15, 0.2) is 24.4 Å². The van der Waals surface area contributed by atoms with Gasteiger partial charge >= 0.3 is 0 Å². The lowest BCUT2D eigenvalue weighted by molar-refractivity contribution is 0.566. The van der Waals surface area contributed by atoms with Gasteiger partial charge in [0.25, 0.3) is 0 Å². The SMILES string of the molecule is CCc1nc2ccccn2c1C(O)=S. The molecule has 0 aliphatic rings. The molecule has 0 aromatic carbocycles. The molecule has 3 nitrogen and oxygen atoms in total. The second-order valence-corrected chi connectivity index (χ2v) is 3.38. The van der Waals surface area contributed by atoms with Crippen LogP contribution in [0.5, 0.6) is 0 Å². The van der Waals surface area contributed by atoms with Crippen LogP contribution in [0.4, 0.5) is 0 Å². The molecule has 0 amide bonds. The molecule has 0 saturated heterocycles. The quantitative estimate of drug-likeness (QED) is 0.765. The van der Waals surface area contributed by atoms with Gasteiger partial charge in [-0.3, -0.25) is 4.40 Å². The summed E-state index contributed by atoms with van der Waals surface area (Å²) in [6.45, 7) is 1.99. The third-order valence-corrected chi connectivity index (χ3v) is 2.33. The Bertz CT molecular complexity index is 490. The molecule has 4 heteroatoms. The molecule has 2 aromatic heterocycles. The Kier molecular flexibility index (Phi) is 2.21. The van der Waals surface area contributed by atoms with Gasteiger partial charge in [0, 0.05) is 6.20 Å². The van der Waals surface area contributed by atoms with Gasteiger partial charge in [0.1, 0.15) is 11.3 Å². The average molecular weight is 206 g/mol. The number of hydrogen-bond donors (Lipinski definition) is 1. The maximum Gasteiger partial charge on any atom is 0.208 e. The summed E-state index contributed by atoms with van der Waals surface area (Å²) in [6, 6.07) is 5.68. The van der Waals surface area contributed by atoms with Crippen LogP contribution in [-0.2, 0) is 6.42 Å². The highest BCUT2D eigenvalue weighted by atomic mass is 32.1. The molecule has 0 saturated carbocycles. The fourth-order valence-electron chi connectivity index (χ4n) is 1.52. The van der Waals surface area contributed by atoms with E-state index in [9.17, 15) is 5.11 Å². The van der Waals surface area contributed by atoms with E-state index in [1.54, 1.807) is 4.40 Å². The van der Waals surface area contributed by atoms with Gasteiger partial charge in [-0.25, -0.2) is 4.98 Å². The first-order valence-electron chi connectivity index (χ1n) is 4.43. The minimum Gasteiger partial charge on any atom is -0.497 e. The third-order valence-electron chi connectivity index (χ3n) is 2.14. The molecule has 0 unspecified atom stereocenters. The van der Waals surface area contributed by atoms with E-state index in [0.717, 1.165) is 17.8 Å². The molecule has 0 fully saturated rings. The van der Waals surface area contributed by atoms with Gasteiger partial charge in [0.2, 0.25) is 5.05 Å². The molecule has 2 rings (SSSR count). The van der Waals surface area contributed by atoms with Gasteiger partial charge in [0.05, 0.1) is 5.69 Å². The molecule has 14 heavy (non-hydrogen) atoms. The van der Waals surface area contributed by atoms with E-state index in [4.69, 9.17) is 12.2 Å². The van der Waals surface area contributed by atoms with Crippen LogP contribution in [0.3, 0.4) is 0 Å². The summed E-state index contributed by atoms with van der Waals surface area (Å²) in [7, 11) is 0. The zero-order valence-electron chi connectivity index (χ0n) is 7.77. The largest absolute Gasteiger partial charge is 0.497 e. The average Bonchev–Trinajstić information content (AvgIpc) is 2.55. The molecule has 0 bridgehead atoms. The Hall–Kier alpha value is -1.42. The van der Waals surface area contributed by atoms with Gasteiger partial charge in [0.15, 0.2) is 0 Å². The van der Waals surface area contributed by atoms with E-state index in [0.29, 0.717) is 5.69 Å². The molecular weight excluding hydrogens is 196 g/mol. The van der Waals surface area contributed by atoms with Gasteiger partial charge < -0.3 is 5.11 Å². The van der Waals surface area contributed by atoms with E-state index in [2.05, 4.69) is 4.98 Å². The Balaban J connectivity index is 2.81. The summed E-state index contributed by atoms with van der Waals surface area (Å²) in [5.41, 5.74) is 2.29. The molecule has 0 atom stereocenters. The molecule has 0 radical (unpaired) electrons. The molecule has 1 N–H and O–H groups in total. The number of imidazole rings is 1. The van der Waals surface area contributed by atoms with Crippen molar-refractivity contribution in [2.24, 2.45) is 0 Å². The number of aliphatic hydroxyl groups excluding tert-OH is 1. The van der Waals surface area contributed by atoms with Crippen molar-refractivity contribution in [3.05, 3.63) is 35.8 Å². The summed E-state index contributed by atoms with van der Waals surface area (Å²) in [4.78, 5) is 4.37. The zero-order valence-corrected chi connectivity index (χ0v) is 8.58. The zero-order chi connectivity index (χ0) is 10.1. The smallest absolute Gasteiger partial charge is 0.208 e. The monoisotopic (exact) mass is 206 g/mol. The minimum absolute atomic E-state index is 0.0967. The maximum absolute atomic E-state index is 9.39. The first kappa shape index (κ1) is 9.15. The van der Waals surface area contributed by atoms with Crippen LogP contribution in [0, 0.1) is 0 Å². The number of aliphatic hydroxyl groups is 1. The van der Waals surface area contributed by atoms with E-state index in [1.165, 1.54) is 0 Å². The summed E-state index contributed by atoms with van der Waals surface area (Å²) in [5, 5.41) is 9.30. The van der Waals surface area contributed by atoms with Crippen molar-refractivity contribution >= 4 is 22.9 Å². The van der Waals surface area contributed by atoms with Crippen LogP contribution in [-0.4, -0.2) is 19.5 Å². The number of rotatable bonds is 2. The number of aryl methyl sites for hydroxylation is 1. The second kappa shape index (κ2) is 3.38. The van der Waals surface area contributed by atoms with Crippen molar-refractivity contribution in [3.8, 4) is 0 Å². The van der Waals surface area contributed by atoms with Crippen molar-refractivity contribution in [2.45, 2.75) is 13.3 Å². The van der Waals surface area contributed by atoms with Gasteiger partial charge in [-0.1, -0.05) is 13.0 Å². The van der Waals surface area contributed by atoms with Crippen molar-refractivity contribution in [1.82, 2.24) is 9.38 Å². The lowest BCUT2D eigenvalue weighted by atomic mass is 10.3. The van der Waals surface area contributed by atoms with Crippen LogP contribution in [0.2, 0.25) is 0 Å². The summed E-state index contributed by atoms with van der Waals surface area (Å²) in [6.07, 6.45) is 2.61.